The van der Waals surface area contributed by atoms with E-state index in [9.17, 15) is 4.79 Å². The minimum absolute atomic E-state index is 0.0386. The van der Waals surface area contributed by atoms with Gasteiger partial charge >= 0.3 is 0 Å². The Labute approximate surface area is 127 Å². The van der Waals surface area contributed by atoms with Gasteiger partial charge in [0.25, 0.3) is 0 Å². The van der Waals surface area contributed by atoms with Crippen LogP contribution in [0.5, 0.6) is 5.88 Å². The Morgan fingerprint density at radius 3 is 2.77 bits per heavy atom. The van der Waals surface area contributed by atoms with Crippen LogP contribution in [0, 0.1) is 0 Å². The number of hydrogen-bond acceptors (Lipinski definition) is 7. The SMILES string of the molecule is COc1ccnc(N2CCN(C(=O)Cn3ccnn3)CC2)n1. The van der Waals surface area contributed by atoms with Crippen molar-refractivity contribution < 1.29 is 9.53 Å². The zero-order valence-electron chi connectivity index (χ0n) is 12.3. The summed E-state index contributed by atoms with van der Waals surface area (Å²) in [6.07, 6.45) is 4.91. The molecule has 1 fully saturated rings. The normalized spacial score (nSPS) is 15.0. The lowest BCUT2D eigenvalue weighted by Crippen LogP contribution is -2.50. The van der Waals surface area contributed by atoms with E-state index in [1.807, 2.05) is 9.80 Å². The lowest BCUT2D eigenvalue weighted by molar-refractivity contribution is -0.132. The van der Waals surface area contributed by atoms with E-state index >= 15 is 0 Å². The van der Waals surface area contributed by atoms with Gasteiger partial charge in [-0.2, -0.15) is 4.98 Å². The fourth-order valence-electron chi connectivity index (χ4n) is 2.31. The fourth-order valence-corrected chi connectivity index (χ4v) is 2.31. The van der Waals surface area contributed by atoms with Crippen LogP contribution < -0.4 is 9.64 Å². The van der Waals surface area contributed by atoms with Gasteiger partial charge in [-0.25, -0.2) is 9.67 Å². The molecule has 116 valence electrons. The number of ether oxygens (including phenoxy) is 1. The van der Waals surface area contributed by atoms with Gasteiger partial charge in [-0.3, -0.25) is 4.79 Å². The molecule has 0 N–H and O–H groups in total. The van der Waals surface area contributed by atoms with Crippen molar-refractivity contribution in [3.63, 3.8) is 0 Å². The highest BCUT2D eigenvalue weighted by Crippen LogP contribution is 2.14. The van der Waals surface area contributed by atoms with Crippen molar-refractivity contribution in [3.8, 4) is 5.88 Å². The van der Waals surface area contributed by atoms with Crippen LogP contribution in [0.2, 0.25) is 0 Å². The molecule has 0 atom stereocenters. The Kier molecular flexibility index (Phi) is 4.12. The summed E-state index contributed by atoms with van der Waals surface area (Å²) in [5.74, 6) is 1.20. The first kappa shape index (κ1) is 14.2. The molecule has 0 saturated carbocycles. The van der Waals surface area contributed by atoms with Crippen LogP contribution in [0.1, 0.15) is 0 Å². The summed E-state index contributed by atoms with van der Waals surface area (Å²) < 4.78 is 6.63. The summed E-state index contributed by atoms with van der Waals surface area (Å²) in [7, 11) is 1.58. The number of aromatic nitrogens is 5. The quantitative estimate of drug-likeness (QED) is 0.747. The molecule has 1 aliphatic rings. The van der Waals surface area contributed by atoms with Crippen molar-refractivity contribution in [2.24, 2.45) is 0 Å². The summed E-state index contributed by atoms with van der Waals surface area (Å²) >= 11 is 0. The van der Waals surface area contributed by atoms with E-state index in [1.54, 1.807) is 31.8 Å². The van der Waals surface area contributed by atoms with E-state index in [1.165, 1.54) is 4.68 Å². The molecule has 9 nitrogen and oxygen atoms in total. The van der Waals surface area contributed by atoms with Crippen LogP contribution in [0.4, 0.5) is 5.95 Å². The molecule has 3 heterocycles. The van der Waals surface area contributed by atoms with Gasteiger partial charge in [0.15, 0.2) is 0 Å². The van der Waals surface area contributed by atoms with E-state index in [2.05, 4.69) is 20.3 Å². The van der Waals surface area contributed by atoms with Crippen molar-refractivity contribution in [2.75, 3.05) is 38.2 Å². The minimum atomic E-state index is 0.0386. The van der Waals surface area contributed by atoms with Crippen LogP contribution in [-0.4, -0.2) is 69.1 Å². The van der Waals surface area contributed by atoms with Gasteiger partial charge in [-0.05, 0) is 0 Å². The predicted molar refractivity (Wildman–Crippen MR) is 77.4 cm³/mol. The highest BCUT2D eigenvalue weighted by molar-refractivity contribution is 5.76. The van der Waals surface area contributed by atoms with Crippen LogP contribution in [0.25, 0.3) is 0 Å². The monoisotopic (exact) mass is 303 g/mol. The second kappa shape index (κ2) is 6.37. The first-order valence-corrected chi connectivity index (χ1v) is 7.00. The molecule has 0 unspecified atom stereocenters. The number of rotatable bonds is 4. The number of anilines is 1. The van der Waals surface area contributed by atoms with Gasteiger partial charge in [0, 0.05) is 44.6 Å². The number of amides is 1. The van der Waals surface area contributed by atoms with Crippen molar-refractivity contribution in [1.29, 1.82) is 0 Å². The van der Waals surface area contributed by atoms with Crippen LogP contribution in [0.15, 0.2) is 24.7 Å². The first-order chi connectivity index (χ1) is 10.8. The number of nitrogens with zero attached hydrogens (tertiary/aromatic N) is 7. The molecule has 1 aliphatic heterocycles. The van der Waals surface area contributed by atoms with Crippen LogP contribution in [0.3, 0.4) is 0 Å². The molecule has 0 bridgehead atoms. The molecule has 22 heavy (non-hydrogen) atoms. The summed E-state index contributed by atoms with van der Waals surface area (Å²) in [5, 5.41) is 7.50. The lowest BCUT2D eigenvalue weighted by atomic mass is 10.3. The second-order valence-electron chi connectivity index (χ2n) is 4.87. The number of carbonyl (C=O) groups is 1. The molecule has 0 radical (unpaired) electrons. The van der Waals surface area contributed by atoms with E-state index in [0.717, 1.165) is 0 Å². The highest BCUT2D eigenvalue weighted by atomic mass is 16.5. The van der Waals surface area contributed by atoms with Crippen LogP contribution in [-0.2, 0) is 11.3 Å². The first-order valence-electron chi connectivity index (χ1n) is 7.00. The topological polar surface area (TPSA) is 89.3 Å². The average molecular weight is 303 g/mol. The van der Waals surface area contributed by atoms with Crippen molar-refractivity contribution in [3.05, 3.63) is 24.7 Å². The summed E-state index contributed by atoms with van der Waals surface area (Å²) in [6, 6.07) is 1.71. The molecule has 2 aromatic heterocycles. The summed E-state index contributed by atoms with van der Waals surface area (Å²) in [6.45, 7) is 2.87. The Morgan fingerprint density at radius 1 is 1.27 bits per heavy atom. The predicted octanol–water partition coefficient (Wildman–Crippen LogP) is -0.574. The molecule has 1 saturated heterocycles. The Balaban J connectivity index is 1.56. The maximum Gasteiger partial charge on any atom is 0.244 e. The van der Waals surface area contributed by atoms with Crippen LogP contribution >= 0.6 is 0 Å². The standard InChI is InChI=1S/C13H17N7O2/c1-22-11-2-3-14-13(16-11)19-8-6-18(7-9-19)12(21)10-20-5-4-15-17-20/h2-5H,6-10H2,1H3. The number of methoxy groups -OCH3 is 1. The molecule has 9 heteroatoms. The number of piperazine rings is 1. The molecule has 1 amide bonds. The van der Waals surface area contributed by atoms with Gasteiger partial charge in [0.05, 0.1) is 13.3 Å². The molecule has 0 spiro atoms. The van der Waals surface area contributed by atoms with E-state index < -0.39 is 0 Å². The molecular weight excluding hydrogens is 286 g/mol. The third-order valence-corrected chi connectivity index (χ3v) is 3.51. The minimum Gasteiger partial charge on any atom is -0.481 e. The highest BCUT2D eigenvalue weighted by Gasteiger charge is 2.23. The zero-order valence-corrected chi connectivity index (χ0v) is 12.3. The van der Waals surface area contributed by atoms with E-state index in [0.29, 0.717) is 38.0 Å². The largest absolute Gasteiger partial charge is 0.481 e. The Morgan fingerprint density at radius 2 is 2.09 bits per heavy atom. The van der Waals surface area contributed by atoms with Gasteiger partial charge in [-0.15, -0.1) is 5.10 Å². The molecule has 3 rings (SSSR count). The third-order valence-electron chi connectivity index (χ3n) is 3.51. The molecule has 0 aromatic carbocycles. The number of carbonyl (C=O) groups excluding carboxylic acids is 1. The molecular formula is C13H17N7O2. The molecule has 2 aromatic rings. The maximum atomic E-state index is 12.2. The van der Waals surface area contributed by atoms with Crippen molar-refractivity contribution >= 4 is 11.9 Å². The van der Waals surface area contributed by atoms with Gasteiger partial charge in [0.1, 0.15) is 6.54 Å². The van der Waals surface area contributed by atoms with Gasteiger partial charge < -0.3 is 14.5 Å². The van der Waals surface area contributed by atoms with E-state index in [-0.39, 0.29) is 12.5 Å². The van der Waals surface area contributed by atoms with E-state index in [4.69, 9.17) is 4.74 Å². The lowest BCUT2D eigenvalue weighted by Gasteiger charge is -2.34. The van der Waals surface area contributed by atoms with Gasteiger partial charge in [0.2, 0.25) is 17.7 Å². The molecule has 0 aliphatic carbocycles. The summed E-state index contributed by atoms with van der Waals surface area (Å²) in [5.41, 5.74) is 0. The summed E-state index contributed by atoms with van der Waals surface area (Å²) in [4.78, 5) is 24.6. The Hall–Kier alpha value is -2.71. The number of hydrogen-bond donors (Lipinski definition) is 0. The van der Waals surface area contributed by atoms with Crippen molar-refractivity contribution in [2.45, 2.75) is 6.54 Å². The smallest absolute Gasteiger partial charge is 0.244 e. The maximum absolute atomic E-state index is 12.2. The van der Waals surface area contributed by atoms with Gasteiger partial charge in [-0.1, -0.05) is 5.21 Å². The average Bonchev–Trinajstić information content (AvgIpc) is 3.08. The Bertz CT molecular complexity index is 623. The second-order valence-corrected chi connectivity index (χ2v) is 4.87. The van der Waals surface area contributed by atoms with Crippen molar-refractivity contribution in [1.82, 2.24) is 29.9 Å². The third kappa shape index (κ3) is 3.13. The zero-order chi connectivity index (χ0) is 15.4. The fraction of sp³-hybridized carbons (Fsp3) is 0.462.